The number of esters is 2. The fraction of sp³-hybridized carbons (Fsp3) is 0.833. The Kier molecular flexibility index (Phi) is 2.57. The highest BCUT2D eigenvalue weighted by Gasteiger charge is 2.56. The second-order valence-corrected chi connectivity index (χ2v) is 5.05. The Labute approximate surface area is 90.2 Å². The van der Waals surface area contributed by atoms with E-state index in [-0.39, 0.29) is 23.8 Å². The molecule has 0 aromatic carbocycles. The predicted molar refractivity (Wildman–Crippen MR) is 54.8 cm³/mol. The molecule has 2 aliphatic rings. The summed E-state index contributed by atoms with van der Waals surface area (Å²) in [6.07, 6.45) is 2.05. The Morgan fingerprint density at radius 1 is 1.33 bits per heavy atom. The maximum atomic E-state index is 11.6. The van der Waals surface area contributed by atoms with Crippen molar-refractivity contribution in [1.82, 2.24) is 0 Å². The van der Waals surface area contributed by atoms with Crippen molar-refractivity contribution in [1.29, 1.82) is 0 Å². The molecule has 1 saturated heterocycles. The first kappa shape index (κ1) is 10.7. The van der Waals surface area contributed by atoms with Gasteiger partial charge in [-0.3, -0.25) is 9.59 Å². The van der Waals surface area contributed by atoms with Crippen LogP contribution in [-0.2, 0) is 14.3 Å². The van der Waals surface area contributed by atoms with E-state index in [4.69, 9.17) is 4.74 Å². The van der Waals surface area contributed by atoms with Crippen molar-refractivity contribution in [3.05, 3.63) is 0 Å². The van der Waals surface area contributed by atoms with Gasteiger partial charge in [-0.05, 0) is 24.2 Å². The second kappa shape index (κ2) is 3.62. The largest absolute Gasteiger partial charge is 0.393 e. The minimum absolute atomic E-state index is 0.151. The first-order valence-corrected chi connectivity index (χ1v) is 5.81. The van der Waals surface area contributed by atoms with Gasteiger partial charge in [0, 0.05) is 0 Å². The number of rotatable bonds is 2. The summed E-state index contributed by atoms with van der Waals surface area (Å²) >= 11 is 0. The molecule has 84 valence electrons. The molecular weight excluding hydrogens is 192 g/mol. The summed E-state index contributed by atoms with van der Waals surface area (Å²) in [6, 6.07) is 0. The maximum Gasteiger partial charge on any atom is 0.317 e. The van der Waals surface area contributed by atoms with Crippen LogP contribution in [0.25, 0.3) is 0 Å². The number of cyclic esters (lactones) is 2. The van der Waals surface area contributed by atoms with Crippen molar-refractivity contribution in [3.8, 4) is 0 Å². The quantitative estimate of drug-likeness (QED) is 0.517. The Balaban J connectivity index is 2.25. The molecule has 5 unspecified atom stereocenters. The van der Waals surface area contributed by atoms with Crippen LogP contribution < -0.4 is 0 Å². The van der Waals surface area contributed by atoms with Crippen LogP contribution in [0.15, 0.2) is 0 Å². The molecule has 5 atom stereocenters. The minimum Gasteiger partial charge on any atom is -0.393 e. The number of hydrogen-bond acceptors (Lipinski definition) is 3. The molecule has 0 aromatic rings. The van der Waals surface area contributed by atoms with Crippen LogP contribution in [0.3, 0.4) is 0 Å². The Morgan fingerprint density at radius 3 is 2.53 bits per heavy atom. The normalized spacial score (nSPS) is 41.5. The van der Waals surface area contributed by atoms with Gasteiger partial charge in [-0.2, -0.15) is 0 Å². The molecule has 3 heteroatoms. The third kappa shape index (κ3) is 1.48. The van der Waals surface area contributed by atoms with Gasteiger partial charge < -0.3 is 4.74 Å². The number of hydrogen-bond donors (Lipinski definition) is 0. The van der Waals surface area contributed by atoms with Gasteiger partial charge in [-0.25, -0.2) is 0 Å². The standard InChI is InChI=1S/C12H18O3/c1-4-6(2)8-5-7(3)9-10(8)12(14)15-11(9)13/h6-10H,4-5H2,1-3H3. The lowest BCUT2D eigenvalue weighted by atomic mass is 9.82. The average molecular weight is 210 g/mol. The van der Waals surface area contributed by atoms with E-state index in [1.54, 1.807) is 0 Å². The number of ether oxygens (including phenoxy) is 1. The van der Waals surface area contributed by atoms with E-state index in [9.17, 15) is 9.59 Å². The molecule has 15 heavy (non-hydrogen) atoms. The summed E-state index contributed by atoms with van der Waals surface area (Å²) in [6.45, 7) is 6.35. The van der Waals surface area contributed by atoms with Crippen molar-refractivity contribution in [2.75, 3.05) is 0 Å². The summed E-state index contributed by atoms with van der Waals surface area (Å²) < 4.78 is 4.75. The lowest BCUT2D eigenvalue weighted by Gasteiger charge is -2.20. The highest BCUT2D eigenvalue weighted by Crippen LogP contribution is 2.49. The van der Waals surface area contributed by atoms with Crippen molar-refractivity contribution < 1.29 is 14.3 Å². The van der Waals surface area contributed by atoms with Gasteiger partial charge in [0.15, 0.2) is 0 Å². The number of fused-ring (bicyclic) bond motifs is 1. The molecule has 1 saturated carbocycles. The predicted octanol–water partition coefficient (Wildman–Crippen LogP) is 2.00. The minimum atomic E-state index is -0.289. The van der Waals surface area contributed by atoms with Gasteiger partial charge in [-0.1, -0.05) is 27.2 Å². The molecule has 1 aliphatic carbocycles. The molecule has 1 heterocycles. The van der Waals surface area contributed by atoms with Crippen LogP contribution in [0.2, 0.25) is 0 Å². The summed E-state index contributed by atoms with van der Waals surface area (Å²) in [7, 11) is 0. The highest BCUT2D eigenvalue weighted by molar-refractivity contribution is 5.97. The first-order chi connectivity index (χ1) is 7.06. The van der Waals surface area contributed by atoms with Gasteiger partial charge in [0.25, 0.3) is 0 Å². The van der Waals surface area contributed by atoms with Gasteiger partial charge in [-0.15, -0.1) is 0 Å². The SMILES string of the molecule is CCC(C)C1CC(C)C2C(=O)OC(=O)C12. The van der Waals surface area contributed by atoms with Crippen LogP contribution in [0.4, 0.5) is 0 Å². The first-order valence-electron chi connectivity index (χ1n) is 5.81. The molecule has 0 bridgehead atoms. The molecule has 0 amide bonds. The van der Waals surface area contributed by atoms with Gasteiger partial charge in [0.1, 0.15) is 0 Å². The van der Waals surface area contributed by atoms with E-state index in [0.29, 0.717) is 17.8 Å². The summed E-state index contributed by atoms with van der Waals surface area (Å²) in [5.41, 5.74) is 0. The molecular formula is C12H18O3. The lowest BCUT2D eigenvalue weighted by Crippen LogP contribution is -2.23. The molecule has 0 aromatic heterocycles. The van der Waals surface area contributed by atoms with Crippen LogP contribution in [0, 0.1) is 29.6 Å². The van der Waals surface area contributed by atoms with Gasteiger partial charge >= 0.3 is 11.9 Å². The Morgan fingerprint density at radius 2 is 1.93 bits per heavy atom. The Hall–Kier alpha value is -0.860. The van der Waals surface area contributed by atoms with E-state index in [2.05, 4.69) is 20.8 Å². The smallest absolute Gasteiger partial charge is 0.317 e. The van der Waals surface area contributed by atoms with Crippen LogP contribution >= 0.6 is 0 Å². The van der Waals surface area contributed by atoms with E-state index in [1.165, 1.54) is 0 Å². The third-order valence-electron chi connectivity index (χ3n) is 4.23. The second-order valence-electron chi connectivity index (χ2n) is 5.05. The van der Waals surface area contributed by atoms with Crippen molar-refractivity contribution in [3.63, 3.8) is 0 Å². The third-order valence-corrected chi connectivity index (χ3v) is 4.23. The fourth-order valence-electron chi connectivity index (χ4n) is 3.17. The molecule has 0 radical (unpaired) electrons. The van der Waals surface area contributed by atoms with Gasteiger partial charge in [0.05, 0.1) is 11.8 Å². The van der Waals surface area contributed by atoms with Crippen molar-refractivity contribution in [2.24, 2.45) is 29.6 Å². The van der Waals surface area contributed by atoms with E-state index in [0.717, 1.165) is 12.8 Å². The zero-order valence-electron chi connectivity index (χ0n) is 9.53. The highest BCUT2D eigenvalue weighted by atomic mass is 16.6. The Bertz CT molecular complexity index is 297. The molecule has 1 aliphatic heterocycles. The van der Waals surface area contributed by atoms with Gasteiger partial charge in [0.2, 0.25) is 0 Å². The summed E-state index contributed by atoms with van der Waals surface area (Å²) in [5, 5.41) is 0. The van der Waals surface area contributed by atoms with E-state index < -0.39 is 0 Å². The number of carbonyl (C=O) groups is 2. The maximum absolute atomic E-state index is 11.6. The summed E-state index contributed by atoms with van der Waals surface area (Å²) in [4.78, 5) is 23.1. The topological polar surface area (TPSA) is 43.4 Å². The molecule has 0 N–H and O–H groups in total. The monoisotopic (exact) mass is 210 g/mol. The van der Waals surface area contributed by atoms with Crippen molar-refractivity contribution >= 4 is 11.9 Å². The molecule has 3 nitrogen and oxygen atoms in total. The molecule has 2 fully saturated rings. The van der Waals surface area contributed by atoms with E-state index >= 15 is 0 Å². The van der Waals surface area contributed by atoms with E-state index in [1.807, 2.05) is 0 Å². The van der Waals surface area contributed by atoms with Crippen molar-refractivity contribution in [2.45, 2.75) is 33.6 Å². The zero-order chi connectivity index (χ0) is 11.2. The number of carbonyl (C=O) groups excluding carboxylic acids is 2. The van der Waals surface area contributed by atoms with Crippen LogP contribution in [-0.4, -0.2) is 11.9 Å². The summed E-state index contributed by atoms with van der Waals surface area (Å²) in [5.74, 6) is 0.268. The molecule has 0 spiro atoms. The fourth-order valence-corrected chi connectivity index (χ4v) is 3.17. The van der Waals surface area contributed by atoms with Crippen LogP contribution in [0.5, 0.6) is 0 Å². The molecule has 2 rings (SSSR count). The lowest BCUT2D eigenvalue weighted by molar-refractivity contribution is -0.155. The van der Waals surface area contributed by atoms with Crippen LogP contribution in [0.1, 0.15) is 33.6 Å². The average Bonchev–Trinajstić information content (AvgIpc) is 2.67. The zero-order valence-corrected chi connectivity index (χ0v) is 9.53.